The second-order valence-corrected chi connectivity index (χ2v) is 5.68. The Bertz CT molecular complexity index is 362. The summed E-state index contributed by atoms with van der Waals surface area (Å²) in [5, 5.41) is 3.35. The van der Waals surface area contributed by atoms with E-state index in [0.717, 1.165) is 45.7 Å². The number of nitrogens with one attached hydrogen (secondary N) is 1. The fourth-order valence-electron chi connectivity index (χ4n) is 3.14. The molecule has 3 rings (SSSR count). The molecule has 0 aromatic heterocycles. The Balaban J connectivity index is 1.41. The number of piperazine rings is 1. The Morgan fingerprint density at radius 2 is 1.95 bits per heavy atom. The molecule has 0 aromatic rings. The van der Waals surface area contributed by atoms with Gasteiger partial charge in [-0.15, -0.1) is 0 Å². The van der Waals surface area contributed by atoms with Crippen molar-refractivity contribution in [3.05, 3.63) is 0 Å². The number of likely N-dealkylation sites (tertiary alicyclic amines) is 2. The molecule has 106 valence electrons. The van der Waals surface area contributed by atoms with E-state index in [1.807, 2.05) is 0 Å². The second kappa shape index (κ2) is 5.56. The van der Waals surface area contributed by atoms with E-state index < -0.39 is 0 Å². The number of amides is 2. The number of carbonyl (C=O) groups excluding carboxylic acids is 2. The van der Waals surface area contributed by atoms with E-state index in [4.69, 9.17) is 0 Å². The van der Waals surface area contributed by atoms with Crippen LogP contribution in [0, 0.1) is 0 Å². The van der Waals surface area contributed by atoms with Gasteiger partial charge in [0.1, 0.15) is 0 Å². The monoisotopic (exact) mass is 266 g/mol. The topological polar surface area (TPSA) is 55.9 Å². The molecule has 0 radical (unpaired) electrons. The average Bonchev–Trinajstić information content (AvgIpc) is 2.80. The molecule has 0 bridgehead atoms. The lowest BCUT2D eigenvalue weighted by atomic mass is 10.1. The molecular formula is C13H22N4O2. The molecule has 2 amide bonds. The van der Waals surface area contributed by atoms with Gasteiger partial charge < -0.3 is 5.32 Å². The highest BCUT2D eigenvalue weighted by Crippen LogP contribution is 2.17. The van der Waals surface area contributed by atoms with Crippen molar-refractivity contribution in [1.29, 1.82) is 0 Å². The molecule has 1 N–H and O–H groups in total. The number of hydrogen-bond donors (Lipinski definition) is 1. The minimum atomic E-state index is -0.0127. The van der Waals surface area contributed by atoms with Crippen molar-refractivity contribution < 1.29 is 9.59 Å². The minimum Gasteiger partial charge on any atom is -0.314 e. The fourth-order valence-corrected chi connectivity index (χ4v) is 3.14. The van der Waals surface area contributed by atoms with Crippen LogP contribution in [0.15, 0.2) is 0 Å². The van der Waals surface area contributed by atoms with Gasteiger partial charge in [-0.1, -0.05) is 0 Å². The number of rotatable bonds is 3. The predicted molar refractivity (Wildman–Crippen MR) is 70.6 cm³/mol. The van der Waals surface area contributed by atoms with Crippen LogP contribution in [0.2, 0.25) is 0 Å². The van der Waals surface area contributed by atoms with Gasteiger partial charge in [0.2, 0.25) is 11.8 Å². The summed E-state index contributed by atoms with van der Waals surface area (Å²) in [6.07, 6.45) is 1.36. The summed E-state index contributed by atoms with van der Waals surface area (Å²) in [6.45, 7) is 7.31. The van der Waals surface area contributed by atoms with Crippen molar-refractivity contribution in [1.82, 2.24) is 20.0 Å². The Kier molecular flexibility index (Phi) is 3.81. The zero-order valence-electron chi connectivity index (χ0n) is 11.3. The molecule has 0 spiro atoms. The van der Waals surface area contributed by atoms with Gasteiger partial charge in [0.05, 0.1) is 6.54 Å². The highest BCUT2D eigenvalue weighted by Gasteiger charge is 2.35. The highest BCUT2D eigenvalue weighted by molar-refractivity contribution is 5.97. The Morgan fingerprint density at radius 3 is 2.58 bits per heavy atom. The fraction of sp³-hybridized carbons (Fsp3) is 0.846. The number of hydrogen-bond acceptors (Lipinski definition) is 5. The van der Waals surface area contributed by atoms with E-state index in [-0.39, 0.29) is 11.8 Å². The summed E-state index contributed by atoms with van der Waals surface area (Å²) in [4.78, 5) is 29.5. The van der Waals surface area contributed by atoms with Gasteiger partial charge in [0.25, 0.3) is 0 Å². The second-order valence-electron chi connectivity index (χ2n) is 5.68. The molecule has 6 heteroatoms. The van der Waals surface area contributed by atoms with Gasteiger partial charge in [0, 0.05) is 58.3 Å². The molecule has 3 aliphatic heterocycles. The van der Waals surface area contributed by atoms with Gasteiger partial charge in [-0.3, -0.25) is 24.3 Å². The first-order valence-corrected chi connectivity index (χ1v) is 7.24. The van der Waals surface area contributed by atoms with E-state index in [1.54, 1.807) is 0 Å². The van der Waals surface area contributed by atoms with Crippen LogP contribution < -0.4 is 5.32 Å². The third-order valence-electron chi connectivity index (χ3n) is 4.34. The first kappa shape index (κ1) is 13.0. The summed E-state index contributed by atoms with van der Waals surface area (Å²) in [5.41, 5.74) is 0. The molecule has 0 saturated carbocycles. The van der Waals surface area contributed by atoms with Crippen LogP contribution in [0.1, 0.15) is 12.8 Å². The maximum atomic E-state index is 12.0. The van der Waals surface area contributed by atoms with Crippen molar-refractivity contribution in [3.8, 4) is 0 Å². The largest absolute Gasteiger partial charge is 0.314 e. The van der Waals surface area contributed by atoms with Crippen molar-refractivity contribution >= 4 is 11.8 Å². The van der Waals surface area contributed by atoms with Crippen LogP contribution in [0.5, 0.6) is 0 Å². The third-order valence-corrected chi connectivity index (χ3v) is 4.34. The first-order chi connectivity index (χ1) is 9.24. The normalized spacial score (nSPS) is 26.7. The van der Waals surface area contributed by atoms with E-state index in [2.05, 4.69) is 15.1 Å². The van der Waals surface area contributed by atoms with Crippen LogP contribution >= 0.6 is 0 Å². The van der Waals surface area contributed by atoms with E-state index >= 15 is 0 Å². The zero-order chi connectivity index (χ0) is 13.2. The molecule has 19 heavy (non-hydrogen) atoms. The molecule has 0 aromatic carbocycles. The van der Waals surface area contributed by atoms with Gasteiger partial charge >= 0.3 is 0 Å². The van der Waals surface area contributed by atoms with Crippen molar-refractivity contribution in [3.63, 3.8) is 0 Å². The smallest absolute Gasteiger partial charge is 0.243 e. The summed E-state index contributed by atoms with van der Waals surface area (Å²) >= 11 is 0. The summed E-state index contributed by atoms with van der Waals surface area (Å²) in [7, 11) is 0. The third kappa shape index (κ3) is 2.80. The quantitative estimate of drug-likeness (QED) is 0.690. The number of carbonyl (C=O) groups is 2. The Hall–Kier alpha value is -0.980. The van der Waals surface area contributed by atoms with Crippen LogP contribution in [-0.4, -0.2) is 84.9 Å². The molecular weight excluding hydrogens is 244 g/mol. The molecule has 3 fully saturated rings. The van der Waals surface area contributed by atoms with Crippen molar-refractivity contribution in [2.45, 2.75) is 18.9 Å². The van der Waals surface area contributed by atoms with Crippen LogP contribution in [0.4, 0.5) is 0 Å². The zero-order valence-corrected chi connectivity index (χ0v) is 11.3. The molecule has 3 aliphatic rings. The van der Waals surface area contributed by atoms with Crippen LogP contribution in [0.25, 0.3) is 0 Å². The van der Waals surface area contributed by atoms with E-state index in [9.17, 15) is 9.59 Å². The maximum Gasteiger partial charge on any atom is 0.243 e. The summed E-state index contributed by atoms with van der Waals surface area (Å²) in [5.74, 6) is -0.00885. The van der Waals surface area contributed by atoms with E-state index in [1.165, 1.54) is 4.90 Å². The molecule has 0 aliphatic carbocycles. The highest BCUT2D eigenvalue weighted by atomic mass is 16.2. The predicted octanol–water partition coefficient (Wildman–Crippen LogP) is -1.28. The SMILES string of the molecule is O=C1CCCN1C(=O)CN1CC(N2CCNCC2)C1. The number of imide groups is 1. The van der Waals surface area contributed by atoms with Crippen molar-refractivity contribution in [2.24, 2.45) is 0 Å². The molecule has 0 atom stereocenters. The average molecular weight is 266 g/mol. The lowest BCUT2D eigenvalue weighted by Crippen LogP contribution is -2.63. The Labute approximate surface area is 113 Å². The molecule has 3 heterocycles. The standard InChI is InChI=1S/C13H22N4O2/c18-12-2-1-5-17(12)13(19)10-15-8-11(9-15)16-6-3-14-4-7-16/h11,14H,1-10H2. The Morgan fingerprint density at radius 1 is 1.21 bits per heavy atom. The van der Waals surface area contributed by atoms with E-state index in [0.29, 0.717) is 25.6 Å². The van der Waals surface area contributed by atoms with Gasteiger partial charge in [-0.05, 0) is 6.42 Å². The first-order valence-electron chi connectivity index (χ1n) is 7.24. The molecule has 0 unspecified atom stereocenters. The maximum absolute atomic E-state index is 12.0. The van der Waals surface area contributed by atoms with Crippen molar-refractivity contribution in [2.75, 3.05) is 52.4 Å². The van der Waals surface area contributed by atoms with Crippen LogP contribution in [-0.2, 0) is 9.59 Å². The lowest BCUT2D eigenvalue weighted by Gasteiger charge is -2.46. The minimum absolute atomic E-state index is 0.00387. The van der Waals surface area contributed by atoms with Gasteiger partial charge in [-0.25, -0.2) is 0 Å². The summed E-state index contributed by atoms with van der Waals surface area (Å²) in [6, 6.07) is 0.601. The summed E-state index contributed by atoms with van der Waals surface area (Å²) < 4.78 is 0. The van der Waals surface area contributed by atoms with Gasteiger partial charge in [-0.2, -0.15) is 0 Å². The molecule has 6 nitrogen and oxygen atoms in total. The lowest BCUT2D eigenvalue weighted by molar-refractivity contribution is -0.143. The van der Waals surface area contributed by atoms with Gasteiger partial charge in [0.15, 0.2) is 0 Å². The number of nitrogens with zero attached hydrogens (tertiary/aromatic N) is 3. The molecule has 3 saturated heterocycles. The van der Waals surface area contributed by atoms with Crippen LogP contribution in [0.3, 0.4) is 0 Å².